The maximum Gasteiger partial charge on any atom is 0.251 e. The number of hydrogen-bond donors (Lipinski definition) is 2. The summed E-state index contributed by atoms with van der Waals surface area (Å²) in [6.45, 7) is 2.98. The maximum absolute atomic E-state index is 12.1. The Morgan fingerprint density at radius 1 is 0.857 bits per heavy atom. The summed E-state index contributed by atoms with van der Waals surface area (Å²) in [6, 6.07) is 21.4. The smallest absolute Gasteiger partial charge is 0.251 e. The number of carbonyl (C=O) groups excluding carboxylic acids is 2. The van der Waals surface area contributed by atoms with Crippen LogP contribution in [0, 0.1) is 6.92 Å². The number of benzene rings is 3. The summed E-state index contributed by atoms with van der Waals surface area (Å²) in [5.74, 6) is 0.496. The number of aryl methyl sites for hydroxylation is 1. The lowest BCUT2D eigenvalue weighted by Gasteiger charge is -2.10. The van der Waals surface area contributed by atoms with Gasteiger partial charge in [0.2, 0.25) is 5.91 Å². The molecule has 5 nitrogen and oxygen atoms in total. The van der Waals surface area contributed by atoms with E-state index in [1.807, 2.05) is 61.5 Å². The molecule has 0 aliphatic carbocycles. The van der Waals surface area contributed by atoms with Crippen LogP contribution in [0.2, 0.25) is 0 Å². The van der Waals surface area contributed by atoms with Crippen molar-refractivity contribution in [2.24, 2.45) is 0 Å². The van der Waals surface area contributed by atoms with Crippen LogP contribution in [0.1, 0.15) is 22.3 Å². The minimum absolute atomic E-state index is 0.118. The third kappa shape index (κ3) is 5.33. The summed E-state index contributed by atoms with van der Waals surface area (Å²) in [7, 11) is 0. The summed E-state index contributed by atoms with van der Waals surface area (Å²) in [4.78, 5) is 24.0. The Labute approximate surface area is 164 Å². The van der Waals surface area contributed by atoms with Crippen LogP contribution in [0.25, 0.3) is 10.8 Å². The molecule has 0 fully saturated rings. The van der Waals surface area contributed by atoms with Gasteiger partial charge in [0, 0.05) is 18.5 Å². The number of amides is 2. The Balaban J connectivity index is 1.34. The highest BCUT2D eigenvalue weighted by atomic mass is 16.5. The highest BCUT2D eigenvalue weighted by Gasteiger charge is 2.08. The second kappa shape index (κ2) is 9.55. The van der Waals surface area contributed by atoms with Gasteiger partial charge in [0.05, 0.1) is 6.54 Å². The number of ether oxygens (including phenoxy) is 1. The Bertz CT molecular complexity index is 969. The zero-order chi connectivity index (χ0) is 19.8. The molecule has 3 aromatic carbocycles. The van der Waals surface area contributed by atoms with Gasteiger partial charge in [-0.25, -0.2) is 0 Å². The molecule has 28 heavy (non-hydrogen) atoms. The van der Waals surface area contributed by atoms with Gasteiger partial charge in [0.1, 0.15) is 12.4 Å². The minimum atomic E-state index is -0.162. The van der Waals surface area contributed by atoms with Crippen LogP contribution in [-0.4, -0.2) is 31.5 Å². The number of fused-ring (bicyclic) bond motifs is 1. The molecule has 0 aromatic heterocycles. The molecule has 2 N–H and O–H groups in total. The quantitative estimate of drug-likeness (QED) is 0.592. The highest BCUT2D eigenvalue weighted by Crippen LogP contribution is 2.20. The minimum Gasteiger partial charge on any atom is -0.492 e. The van der Waals surface area contributed by atoms with Crippen molar-refractivity contribution in [3.8, 4) is 5.75 Å². The molecule has 0 spiro atoms. The van der Waals surface area contributed by atoms with E-state index in [0.29, 0.717) is 25.3 Å². The summed E-state index contributed by atoms with van der Waals surface area (Å²) in [5, 5.41) is 7.85. The van der Waals surface area contributed by atoms with Gasteiger partial charge in [0.25, 0.3) is 5.91 Å². The fourth-order valence-corrected chi connectivity index (χ4v) is 2.92. The van der Waals surface area contributed by atoms with E-state index in [9.17, 15) is 9.59 Å². The van der Waals surface area contributed by atoms with Crippen LogP contribution in [0.4, 0.5) is 0 Å². The lowest BCUT2D eigenvalue weighted by molar-refractivity contribution is -0.121. The van der Waals surface area contributed by atoms with Gasteiger partial charge in [-0.2, -0.15) is 0 Å². The van der Waals surface area contributed by atoms with Crippen molar-refractivity contribution < 1.29 is 14.3 Å². The Morgan fingerprint density at radius 3 is 2.43 bits per heavy atom. The summed E-state index contributed by atoms with van der Waals surface area (Å²) in [6.07, 6.45) is 0.230. The third-order valence-electron chi connectivity index (χ3n) is 4.44. The first-order valence-corrected chi connectivity index (χ1v) is 9.35. The van der Waals surface area contributed by atoms with Crippen molar-refractivity contribution in [2.45, 2.75) is 13.3 Å². The van der Waals surface area contributed by atoms with Crippen molar-refractivity contribution in [3.05, 3.63) is 77.9 Å². The number of carbonyl (C=O) groups is 2. The van der Waals surface area contributed by atoms with Gasteiger partial charge in [-0.15, -0.1) is 0 Å². The summed E-state index contributed by atoms with van der Waals surface area (Å²) in [5.41, 5.74) is 1.54. The van der Waals surface area contributed by atoms with Gasteiger partial charge in [-0.1, -0.05) is 48.5 Å². The average molecular weight is 376 g/mol. The SMILES string of the molecule is Cc1ccccc1C(=O)NCCC(=O)NCCOc1ccc2ccccc2c1. The van der Waals surface area contributed by atoms with Crippen LogP contribution in [0.15, 0.2) is 66.7 Å². The van der Waals surface area contributed by atoms with E-state index < -0.39 is 0 Å². The topological polar surface area (TPSA) is 67.4 Å². The molecular formula is C23H24N2O3. The number of hydrogen-bond acceptors (Lipinski definition) is 3. The first-order chi connectivity index (χ1) is 13.6. The highest BCUT2D eigenvalue weighted by molar-refractivity contribution is 5.95. The summed E-state index contributed by atoms with van der Waals surface area (Å²) < 4.78 is 5.69. The first kappa shape index (κ1) is 19.4. The molecule has 0 aliphatic rings. The number of nitrogens with one attached hydrogen (secondary N) is 2. The zero-order valence-electron chi connectivity index (χ0n) is 15.9. The van der Waals surface area contributed by atoms with E-state index in [4.69, 9.17) is 4.74 Å². The second-order valence-corrected chi connectivity index (χ2v) is 6.53. The fourth-order valence-electron chi connectivity index (χ4n) is 2.92. The van der Waals surface area contributed by atoms with Crippen LogP contribution in [0.3, 0.4) is 0 Å². The van der Waals surface area contributed by atoms with Crippen molar-refractivity contribution >= 4 is 22.6 Å². The van der Waals surface area contributed by atoms with E-state index in [1.165, 1.54) is 0 Å². The Kier molecular flexibility index (Phi) is 6.63. The van der Waals surface area contributed by atoms with Crippen LogP contribution >= 0.6 is 0 Å². The van der Waals surface area contributed by atoms with Crippen molar-refractivity contribution in [2.75, 3.05) is 19.7 Å². The molecule has 0 bridgehead atoms. The predicted octanol–water partition coefficient (Wildman–Crippen LogP) is 3.46. The van der Waals surface area contributed by atoms with E-state index in [2.05, 4.69) is 16.7 Å². The zero-order valence-corrected chi connectivity index (χ0v) is 15.9. The maximum atomic E-state index is 12.1. The molecule has 144 valence electrons. The molecule has 3 aromatic rings. The Morgan fingerprint density at radius 2 is 1.61 bits per heavy atom. The molecule has 0 saturated heterocycles. The number of rotatable bonds is 8. The van der Waals surface area contributed by atoms with Crippen LogP contribution in [0.5, 0.6) is 5.75 Å². The molecular weight excluding hydrogens is 352 g/mol. The van der Waals surface area contributed by atoms with Gasteiger partial charge < -0.3 is 15.4 Å². The fraction of sp³-hybridized carbons (Fsp3) is 0.217. The van der Waals surface area contributed by atoms with E-state index in [1.54, 1.807) is 6.07 Å². The normalized spacial score (nSPS) is 10.5. The average Bonchev–Trinajstić information content (AvgIpc) is 2.71. The van der Waals surface area contributed by atoms with Crippen molar-refractivity contribution in [1.82, 2.24) is 10.6 Å². The van der Waals surface area contributed by atoms with E-state index in [-0.39, 0.29) is 18.2 Å². The lowest BCUT2D eigenvalue weighted by atomic mass is 10.1. The molecule has 0 aliphatic heterocycles. The molecule has 0 saturated carbocycles. The Hall–Kier alpha value is -3.34. The first-order valence-electron chi connectivity index (χ1n) is 9.35. The molecule has 2 amide bonds. The monoisotopic (exact) mass is 376 g/mol. The van der Waals surface area contributed by atoms with Crippen molar-refractivity contribution in [3.63, 3.8) is 0 Å². The molecule has 0 radical (unpaired) electrons. The van der Waals surface area contributed by atoms with Gasteiger partial charge in [-0.3, -0.25) is 9.59 Å². The van der Waals surface area contributed by atoms with Crippen LogP contribution < -0.4 is 15.4 Å². The van der Waals surface area contributed by atoms with E-state index in [0.717, 1.165) is 22.1 Å². The largest absolute Gasteiger partial charge is 0.492 e. The third-order valence-corrected chi connectivity index (χ3v) is 4.44. The lowest BCUT2D eigenvalue weighted by Crippen LogP contribution is -2.32. The summed E-state index contributed by atoms with van der Waals surface area (Å²) >= 11 is 0. The molecule has 0 heterocycles. The van der Waals surface area contributed by atoms with Gasteiger partial charge in [0.15, 0.2) is 0 Å². The molecule has 0 unspecified atom stereocenters. The van der Waals surface area contributed by atoms with Gasteiger partial charge >= 0.3 is 0 Å². The molecule has 3 rings (SSSR count). The van der Waals surface area contributed by atoms with E-state index >= 15 is 0 Å². The van der Waals surface area contributed by atoms with Crippen LogP contribution in [-0.2, 0) is 4.79 Å². The second-order valence-electron chi connectivity index (χ2n) is 6.53. The predicted molar refractivity (Wildman–Crippen MR) is 111 cm³/mol. The molecule has 0 atom stereocenters. The molecule has 5 heteroatoms. The standard InChI is InChI=1S/C23H24N2O3/c1-17-6-2-5-9-21(17)23(27)25-13-12-22(26)24-14-15-28-20-11-10-18-7-3-4-8-19(18)16-20/h2-11,16H,12-15H2,1H3,(H,24,26)(H,25,27). The van der Waals surface area contributed by atoms with Gasteiger partial charge in [-0.05, 0) is 41.5 Å². The van der Waals surface area contributed by atoms with Crippen molar-refractivity contribution in [1.29, 1.82) is 0 Å².